The molecule has 0 aliphatic heterocycles. The van der Waals surface area contributed by atoms with Crippen LogP contribution in [0, 0.1) is 0 Å². The first-order valence-electron chi connectivity index (χ1n) is 1.87. The largest absolute Gasteiger partial charge is 0.362 e. The summed E-state index contributed by atoms with van der Waals surface area (Å²) in [6, 6.07) is 0. The summed E-state index contributed by atoms with van der Waals surface area (Å²) < 4.78 is 0. The predicted octanol–water partition coefficient (Wildman–Crippen LogP) is 1.03. The van der Waals surface area contributed by atoms with Gasteiger partial charge in [0.15, 0.2) is 0 Å². The van der Waals surface area contributed by atoms with Gasteiger partial charge >= 0.3 is 0 Å². The standard InChI is InChI=1S/C5H6N2/c1-2-3-4-5-7-6/h2-5H,1H2. The van der Waals surface area contributed by atoms with Gasteiger partial charge < -0.3 is 5.53 Å². The zero-order valence-electron chi connectivity index (χ0n) is 3.91. The van der Waals surface area contributed by atoms with Crippen LogP contribution < -0.4 is 0 Å². The molecule has 0 radical (unpaired) electrons. The van der Waals surface area contributed by atoms with Crippen LogP contribution in [0.4, 0.5) is 0 Å². The van der Waals surface area contributed by atoms with Crippen LogP contribution in [0.15, 0.2) is 24.8 Å². The van der Waals surface area contributed by atoms with Gasteiger partial charge in [-0.3, -0.25) is 0 Å². The zero-order valence-corrected chi connectivity index (χ0v) is 3.91. The summed E-state index contributed by atoms with van der Waals surface area (Å²) in [5, 5.41) is 0. The average molecular weight is 94.1 g/mol. The van der Waals surface area contributed by atoms with Gasteiger partial charge in [-0.1, -0.05) is 18.7 Å². The van der Waals surface area contributed by atoms with E-state index in [-0.39, 0.29) is 0 Å². The molecule has 0 aromatic heterocycles. The molecule has 0 atom stereocenters. The van der Waals surface area contributed by atoms with Crippen molar-refractivity contribution >= 4 is 6.21 Å². The number of nitrogens with zero attached hydrogens (tertiary/aromatic N) is 2. The highest BCUT2D eigenvalue weighted by atomic mass is 14.8. The Balaban J connectivity index is 3.47. The van der Waals surface area contributed by atoms with Gasteiger partial charge in [0.25, 0.3) is 6.21 Å². The molecular weight excluding hydrogens is 88.1 g/mol. The first kappa shape index (κ1) is 5.86. The number of allylic oxidation sites excluding steroid dienone is 3. The molecule has 36 valence electrons. The fourth-order valence-electron chi connectivity index (χ4n) is 0.167. The number of rotatable bonds is 2. The van der Waals surface area contributed by atoms with Gasteiger partial charge in [0.1, 0.15) is 0 Å². The molecule has 0 aromatic carbocycles. The lowest BCUT2D eigenvalue weighted by Crippen LogP contribution is -1.58. The third-order valence-electron chi connectivity index (χ3n) is 0.400. The SMILES string of the molecule is C=CC=CC=[N+]=[N-]. The van der Waals surface area contributed by atoms with Gasteiger partial charge in [0.2, 0.25) is 0 Å². The summed E-state index contributed by atoms with van der Waals surface area (Å²) in [6.45, 7) is 3.40. The smallest absolute Gasteiger partial charge is 0.280 e. The van der Waals surface area contributed by atoms with E-state index in [1.807, 2.05) is 0 Å². The molecule has 0 amide bonds. The summed E-state index contributed by atoms with van der Waals surface area (Å²) in [6.07, 6.45) is 6.11. The van der Waals surface area contributed by atoms with E-state index in [0.717, 1.165) is 0 Å². The van der Waals surface area contributed by atoms with E-state index >= 15 is 0 Å². The lowest BCUT2D eigenvalue weighted by molar-refractivity contribution is 0.00514. The lowest BCUT2D eigenvalue weighted by Gasteiger charge is -1.55. The molecule has 0 aliphatic carbocycles. The predicted molar refractivity (Wildman–Crippen MR) is 29.0 cm³/mol. The molecule has 0 N–H and O–H groups in total. The summed E-state index contributed by atoms with van der Waals surface area (Å²) in [5.41, 5.74) is 7.78. The summed E-state index contributed by atoms with van der Waals surface area (Å²) in [4.78, 5) is 2.71. The van der Waals surface area contributed by atoms with Gasteiger partial charge in [-0.05, 0) is 0 Å². The van der Waals surface area contributed by atoms with Gasteiger partial charge in [0, 0.05) is 6.08 Å². The monoisotopic (exact) mass is 94.1 g/mol. The molecule has 0 fully saturated rings. The Labute approximate surface area is 42.4 Å². The van der Waals surface area contributed by atoms with E-state index in [4.69, 9.17) is 5.53 Å². The van der Waals surface area contributed by atoms with E-state index in [2.05, 4.69) is 11.4 Å². The molecular formula is C5H6N2. The lowest BCUT2D eigenvalue weighted by atomic mass is 10.5. The summed E-state index contributed by atoms with van der Waals surface area (Å²) in [5.74, 6) is 0. The second-order valence-electron chi connectivity index (χ2n) is 0.885. The Morgan fingerprint density at radius 2 is 2.14 bits per heavy atom. The Kier molecular flexibility index (Phi) is 4.07. The van der Waals surface area contributed by atoms with E-state index in [1.54, 1.807) is 18.2 Å². The van der Waals surface area contributed by atoms with Crippen LogP contribution in [0.3, 0.4) is 0 Å². The molecule has 0 bridgehead atoms. The molecule has 0 saturated carbocycles. The third kappa shape index (κ3) is 4.86. The summed E-state index contributed by atoms with van der Waals surface area (Å²) >= 11 is 0. The number of hydrogen-bond acceptors (Lipinski definition) is 0. The average Bonchev–Trinajstić information content (AvgIpc) is 1.69. The van der Waals surface area contributed by atoms with Crippen molar-refractivity contribution in [1.29, 1.82) is 0 Å². The molecule has 7 heavy (non-hydrogen) atoms. The maximum absolute atomic E-state index is 7.78. The minimum absolute atomic E-state index is 1.27. The maximum atomic E-state index is 7.78. The van der Waals surface area contributed by atoms with E-state index in [9.17, 15) is 0 Å². The second-order valence-corrected chi connectivity index (χ2v) is 0.885. The minimum atomic E-state index is 1.27. The second kappa shape index (κ2) is 4.86. The third-order valence-corrected chi connectivity index (χ3v) is 0.400. The van der Waals surface area contributed by atoms with E-state index in [1.165, 1.54) is 6.21 Å². The van der Waals surface area contributed by atoms with Crippen molar-refractivity contribution in [2.75, 3.05) is 0 Å². The molecule has 0 unspecified atom stereocenters. The quantitative estimate of drug-likeness (QED) is 0.212. The van der Waals surface area contributed by atoms with Crippen LogP contribution in [-0.2, 0) is 0 Å². The van der Waals surface area contributed by atoms with E-state index in [0.29, 0.717) is 0 Å². The van der Waals surface area contributed by atoms with Crippen LogP contribution in [0.2, 0.25) is 0 Å². The number of hydrogen-bond donors (Lipinski definition) is 0. The molecule has 0 heterocycles. The van der Waals surface area contributed by atoms with Crippen LogP contribution in [0.25, 0.3) is 5.53 Å². The maximum Gasteiger partial charge on any atom is 0.280 e. The zero-order chi connectivity index (χ0) is 5.54. The Hall–Kier alpha value is -1.14. The first-order chi connectivity index (χ1) is 3.41. The Morgan fingerprint density at radius 1 is 1.43 bits per heavy atom. The van der Waals surface area contributed by atoms with Crippen molar-refractivity contribution in [1.82, 2.24) is 0 Å². The van der Waals surface area contributed by atoms with Crippen molar-refractivity contribution in [2.24, 2.45) is 0 Å². The van der Waals surface area contributed by atoms with Gasteiger partial charge in [-0.15, -0.1) is 0 Å². The molecule has 0 rings (SSSR count). The summed E-state index contributed by atoms with van der Waals surface area (Å²) in [7, 11) is 0. The minimum Gasteiger partial charge on any atom is -0.362 e. The van der Waals surface area contributed by atoms with Gasteiger partial charge in [0.05, 0.1) is 0 Å². The normalized spacial score (nSPS) is 8.00. The fourth-order valence-corrected chi connectivity index (χ4v) is 0.167. The Morgan fingerprint density at radius 3 is 2.57 bits per heavy atom. The van der Waals surface area contributed by atoms with Crippen molar-refractivity contribution in [3.63, 3.8) is 0 Å². The van der Waals surface area contributed by atoms with Gasteiger partial charge in [-0.2, -0.15) is 4.79 Å². The van der Waals surface area contributed by atoms with Crippen molar-refractivity contribution < 1.29 is 4.79 Å². The molecule has 0 aliphatic rings. The van der Waals surface area contributed by atoms with E-state index < -0.39 is 0 Å². The molecule has 0 spiro atoms. The Bertz CT molecular complexity index is 118. The van der Waals surface area contributed by atoms with Gasteiger partial charge in [-0.25, -0.2) is 0 Å². The van der Waals surface area contributed by atoms with Crippen molar-refractivity contribution in [3.05, 3.63) is 30.3 Å². The molecule has 0 saturated heterocycles. The highest BCUT2D eigenvalue weighted by molar-refractivity contribution is 5.65. The van der Waals surface area contributed by atoms with Crippen molar-refractivity contribution in [2.45, 2.75) is 0 Å². The highest BCUT2D eigenvalue weighted by Gasteiger charge is 1.59. The molecule has 0 aromatic rings. The van der Waals surface area contributed by atoms with Crippen LogP contribution >= 0.6 is 0 Å². The first-order valence-corrected chi connectivity index (χ1v) is 1.87. The fraction of sp³-hybridized carbons (Fsp3) is 0. The van der Waals surface area contributed by atoms with Crippen molar-refractivity contribution in [3.8, 4) is 0 Å². The molecule has 2 heteroatoms. The van der Waals surface area contributed by atoms with Crippen LogP contribution in [0.5, 0.6) is 0 Å². The molecule has 2 nitrogen and oxygen atoms in total. The topological polar surface area (TPSA) is 36.4 Å². The van der Waals surface area contributed by atoms with Crippen LogP contribution in [-0.4, -0.2) is 11.0 Å². The highest BCUT2D eigenvalue weighted by Crippen LogP contribution is 1.63. The van der Waals surface area contributed by atoms with Crippen LogP contribution in [0.1, 0.15) is 0 Å².